The third-order valence-corrected chi connectivity index (χ3v) is 2.28. The summed E-state index contributed by atoms with van der Waals surface area (Å²) in [7, 11) is 0. The fourth-order valence-electron chi connectivity index (χ4n) is 1.26. The van der Waals surface area contributed by atoms with Gasteiger partial charge in [0.05, 0.1) is 6.20 Å². The average molecular weight is 308 g/mol. The first-order chi connectivity index (χ1) is 7.94. The predicted octanol–water partition coefficient (Wildman–Crippen LogP) is 4.00. The van der Waals surface area contributed by atoms with Crippen LogP contribution in [-0.2, 0) is 0 Å². The molecule has 90 valence electrons. The Balaban J connectivity index is 2.36. The van der Waals surface area contributed by atoms with Crippen LogP contribution in [0, 0.1) is 0 Å². The Morgan fingerprint density at radius 2 is 2.00 bits per heavy atom. The molecule has 0 fully saturated rings. The fraction of sp³-hybridized carbons (Fsp3) is 0.100. The number of nitrogens with zero attached hydrogens (tertiary/aromatic N) is 1. The number of hydrogen-bond donors (Lipinski definition) is 0. The molecule has 1 heterocycles. The summed E-state index contributed by atoms with van der Waals surface area (Å²) in [4.78, 5) is 3.69. The Bertz CT molecular complexity index is 511. The van der Waals surface area contributed by atoms with E-state index in [-0.39, 0.29) is 5.75 Å². The summed E-state index contributed by atoms with van der Waals surface area (Å²) in [5, 5.41) is 0. The zero-order valence-corrected chi connectivity index (χ0v) is 9.75. The molecule has 0 atom stereocenters. The molecule has 0 radical (unpaired) electrons. The van der Waals surface area contributed by atoms with Crippen LogP contribution >= 0.6 is 15.9 Å². The largest absolute Gasteiger partial charge is 0.573 e. The van der Waals surface area contributed by atoms with Gasteiger partial charge in [0.25, 0.3) is 0 Å². The molecule has 17 heavy (non-hydrogen) atoms. The van der Waals surface area contributed by atoms with E-state index in [0.717, 1.165) is 0 Å². The minimum Gasteiger partial charge on any atom is -0.444 e. The first-order valence-electron chi connectivity index (χ1n) is 4.39. The molecule has 0 saturated carbocycles. The Morgan fingerprint density at radius 1 is 1.24 bits per heavy atom. The number of aromatic nitrogens is 1. The molecule has 1 aromatic carbocycles. The quantitative estimate of drug-likeness (QED) is 0.841. The summed E-state index contributed by atoms with van der Waals surface area (Å²) in [5.74, 6) is 0.0385. The second kappa shape index (κ2) is 4.40. The molecular formula is C10H5BrF3NO2. The van der Waals surface area contributed by atoms with Gasteiger partial charge in [0.2, 0.25) is 0 Å². The van der Waals surface area contributed by atoms with Crippen LogP contribution in [-0.4, -0.2) is 11.3 Å². The molecule has 2 rings (SSSR count). The van der Waals surface area contributed by atoms with Gasteiger partial charge in [-0.1, -0.05) is 15.9 Å². The van der Waals surface area contributed by atoms with E-state index >= 15 is 0 Å². The van der Waals surface area contributed by atoms with Gasteiger partial charge < -0.3 is 9.15 Å². The molecule has 0 aliphatic rings. The molecular weight excluding hydrogens is 303 g/mol. The minimum absolute atomic E-state index is 0.321. The number of oxazole rings is 1. The molecule has 0 saturated heterocycles. The standard InChI is InChI=1S/C10H5BrF3NO2/c11-7-1-6(9-4-15-5-16-9)2-8(3-7)17-10(12,13)14/h1-5H. The van der Waals surface area contributed by atoms with Crippen molar-refractivity contribution in [2.45, 2.75) is 6.36 Å². The highest BCUT2D eigenvalue weighted by Crippen LogP contribution is 2.31. The molecule has 0 aliphatic carbocycles. The molecule has 7 heteroatoms. The lowest BCUT2D eigenvalue weighted by Crippen LogP contribution is -2.17. The first kappa shape index (κ1) is 12.0. The maximum atomic E-state index is 12.1. The van der Waals surface area contributed by atoms with Gasteiger partial charge in [-0.2, -0.15) is 0 Å². The van der Waals surface area contributed by atoms with Crippen LogP contribution < -0.4 is 4.74 Å². The van der Waals surface area contributed by atoms with Crippen molar-refractivity contribution in [2.24, 2.45) is 0 Å². The van der Waals surface area contributed by atoms with E-state index in [2.05, 4.69) is 25.7 Å². The van der Waals surface area contributed by atoms with Gasteiger partial charge in [0.1, 0.15) is 5.75 Å². The third-order valence-electron chi connectivity index (χ3n) is 1.82. The lowest BCUT2D eigenvalue weighted by atomic mass is 10.2. The summed E-state index contributed by atoms with van der Waals surface area (Å²) in [6.45, 7) is 0. The molecule has 0 unspecified atom stereocenters. The van der Waals surface area contributed by atoms with Crippen molar-refractivity contribution in [1.82, 2.24) is 4.98 Å². The van der Waals surface area contributed by atoms with Crippen molar-refractivity contribution < 1.29 is 22.3 Å². The topological polar surface area (TPSA) is 35.3 Å². The Hall–Kier alpha value is -1.50. The number of rotatable bonds is 2. The van der Waals surface area contributed by atoms with Crippen molar-refractivity contribution in [3.63, 3.8) is 0 Å². The lowest BCUT2D eigenvalue weighted by Gasteiger charge is -2.10. The molecule has 0 amide bonds. The van der Waals surface area contributed by atoms with E-state index in [1.54, 1.807) is 6.07 Å². The van der Waals surface area contributed by atoms with E-state index in [9.17, 15) is 13.2 Å². The summed E-state index contributed by atoms with van der Waals surface area (Å²) in [6, 6.07) is 4.04. The van der Waals surface area contributed by atoms with Crippen LogP contribution in [0.25, 0.3) is 11.3 Å². The predicted molar refractivity (Wildman–Crippen MR) is 56.3 cm³/mol. The van der Waals surface area contributed by atoms with Crippen molar-refractivity contribution in [3.8, 4) is 17.1 Å². The third kappa shape index (κ3) is 3.23. The highest BCUT2D eigenvalue weighted by atomic mass is 79.9. The van der Waals surface area contributed by atoms with Gasteiger partial charge in [-0.25, -0.2) is 4.98 Å². The highest BCUT2D eigenvalue weighted by molar-refractivity contribution is 9.10. The molecule has 0 bridgehead atoms. The Morgan fingerprint density at radius 3 is 2.59 bits per heavy atom. The number of benzene rings is 1. The van der Waals surface area contributed by atoms with Crippen LogP contribution in [0.4, 0.5) is 13.2 Å². The van der Waals surface area contributed by atoms with Gasteiger partial charge in [0.15, 0.2) is 12.2 Å². The zero-order chi connectivity index (χ0) is 12.5. The zero-order valence-electron chi connectivity index (χ0n) is 8.16. The SMILES string of the molecule is FC(F)(F)Oc1cc(Br)cc(-c2cnco2)c1. The Kier molecular flexibility index (Phi) is 3.10. The van der Waals surface area contributed by atoms with E-state index in [4.69, 9.17) is 4.42 Å². The van der Waals surface area contributed by atoms with Crippen LogP contribution in [0.1, 0.15) is 0 Å². The fourth-order valence-corrected chi connectivity index (χ4v) is 1.73. The van der Waals surface area contributed by atoms with Crippen LogP contribution in [0.2, 0.25) is 0 Å². The second-order valence-electron chi connectivity index (χ2n) is 3.09. The molecule has 2 aromatic rings. The molecule has 0 aliphatic heterocycles. The second-order valence-corrected chi connectivity index (χ2v) is 4.00. The molecule has 1 aromatic heterocycles. The van der Waals surface area contributed by atoms with Crippen molar-refractivity contribution in [1.29, 1.82) is 0 Å². The number of alkyl halides is 3. The van der Waals surface area contributed by atoms with Crippen molar-refractivity contribution in [3.05, 3.63) is 35.3 Å². The van der Waals surface area contributed by atoms with Gasteiger partial charge in [-0.05, 0) is 18.2 Å². The van der Waals surface area contributed by atoms with E-state index in [0.29, 0.717) is 15.8 Å². The van der Waals surface area contributed by atoms with Crippen LogP contribution in [0.5, 0.6) is 5.75 Å². The van der Waals surface area contributed by atoms with E-state index < -0.39 is 6.36 Å². The highest BCUT2D eigenvalue weighted by Gasteiger charge is 2.31. The first-order valence-corrected chi connectivity index (χ1v) is 5.18. The monoisotopic (exact) mass is 307 g/mol. The van der Waals surface area contributed by atoms with Crippen LogP contribution in [0.15, 0.2) is 39.7 Å². The normalized spacial score (nSPS) is 11.5. The minimum atomic E-state index is -4.72. The van der Waals surface area contributed by atoms with Gasteiger partial charge in [-0.3, -0.25) is 0 Å². The van der Waals surface area contributed by atoms with Gasteiger partial charge in [-0.15, -0.1) is 13.2 Å². The summed E-state index contributed by atoms with van der Waals surface area (Å²) in [6.07, 6.45) is -2.13. The lowest BCUT2D eigenvalue weighted by molar-refractivity contribution is -0.274. The van der Waals surface area contributed by atoms with Crippen LogP contribution in [0.3, 0.4) is 0 Å². The number of ether oxygens (including phenoxy) is 1. The van der Waals surface area contributed by atoms with Crippen molar-refractivity contribution in [2.75, 3.05) is 0 Å². The summed E-state index contributed by atoms with van der Waals surface area (Å²) >= 11 is 3.10. The summed E-state index contributed by atoms with van der Waals surface area (Å²) in [5.41, 5.74) is 0.441. The molecule has 0 N–H and O–H groups in total. The Labute approximate surface area is 102 Å². The molecule has 0 spiro atoms. The van der Waals surface area contributed by atoms with E-state index in [1.807, 2.05) is 0 Å². The maximum Gasteiger partial charge on any atom is 0.573 e. The number of hydrogen-bond acceptors (Lipinski definition) is 3. The van der Waals surface area contributed by atoms with E-state index in [1.165, 1.54) is 24.7 Å². The van der Waals surface area contributed by atoms with Crippen molar-refractivity contribution >= 4 is 15.9 Å². The smallest absolute Gasteiger partial charge is 0.444 e. The number of halogens is 4. The average Bonchev–Trinajstić information content (AvgIpc) is 2.65. The van der Waals surface area contributed by atoms with Gasteiger partial charge in [0, 0.05) is 10.0 Å². The summed E-state index contributed by atoms with van der Waals surface area (Å²) < 4.78 is 45.5. The molecule has 3 nitrogen and oxygen atoms in total. The van der Waals surface area contributed by atoms with Gasteiger partial charge >= 0.3 is 6.36 Å². The maximum absolute atomic E-state index is 12.1.